The van der Waals surface area contributed by atoms with E-state index in [1.807, 2.05) is 24.1 Å². The van der Waals surface area contributed by atoms with Crippen LogP contribution in [0.4, 0.5) is 11.4 Å². The van der Waals surface area contributed by atoms with Crippen molar-refractivity contribution in [1.29, 1.82) is 0 Å². The minimum absolute atomic E-state index is 0.0547. The fourth-order valence-electron chi connectivity index (χ4n) is 3.84. The molecule has 1 fully saturated rings. The van der Waals surface area contributed by atoms with Crippen molar-refractivity contribution < 1.29 is 19.1 Å². The lowest BCUT2D eigenvalue weighted by molar-refractivity contribution is -0.115. The first kappa shape index (κ1) is 25.2. The van der Waals surface area contributed by atoms with Crippen molar-refractivity contribution in [3.05, 3.63) is 41.6 Å². The highest BCUT2D eigenvalue weighted by Gasteiger charge is 2.34. The number of anilines is 2. The average molecular weight is 491 g/mol. The maximum absolute atomic E-state index is 12.9. The summed E-state index contributed by atoms with van der Waals surface area (Å²) in [4.78, 5) is 33.1. The molecule has 0 saturated carbocycles. The van der Waals surface area contributed by atoms with Gasteiger partial charge in [-0.05, 0) is 37.1 Å². The number of pyridine rings is 1. The van der Waals surface area contributed by atoms with Gasteiger partial charge in [0.2, 0.25) is 11.0 Å². The number of ether oxygens (including phenoxy) is 2. The molecule has 10 heteroatoms. The number of thioether (sulfide) groups is 2. The standard InChI is InChI=1S/C23H30N4O4S2/c1-6-16-15(22(28)31-3)13-17(21(24-16)30-2)25-27-12-11-26(14-19(27)23(29)33-5)18-9-7-8-10-20(18)32-4/h7-10,13,19,25H,6,11-12,14H2,1-5H3. The molecule has 1 atom stereocenters. The second kappa shape index (κ2) is 11.6. The molecule has 0 spiro atoms. The largest absolute Gasteiger partial charge is 0.479 e. The number of hydrogen-bond donors (Lipinski definition) is 1. The minimum atomic E-state index is -0.458. The Morgan fingerprint density at radius 1 is 1.21 bits per heavy atom. The van der Waals surface area contributed by atoms with Crippen LogP contribution in [0.5, 0.6) is 5.88 Å². The van der Waals surface area contributed by atoms with Gasteiger partial charge < -0.3 is 19.8 Å². The van der Waals surface area contributed by atoms with Crippen molar-refractivity contribution in [2.75, 3.05) is 56.7 Å². The quantitative estimate of drug-likeness (QED) is 0.438. The third kappa shape index (κ3) is 5.56. The Hall–Kier alpha value is -2.43. The van der Waals surface area contributed by atoms with Crippen LogP contribution in [0, 0.1) is 0 Å². The molecule has 33 heavy (non-hydrogen) atoms. The van der Waals surface area contributed by atoms with E-state index in [1.54, 1.807) is 24.1 Å². The maximum Gasteiger partial charge on any atom is 0.339 e. The number of methoxy groups -OCH3 is 2. The Balaban J connectivity index is 1.91. The first-order valence-corrected chi connectivity index (χ1v) is 13.1. The van der Waals surface area contributed by atoms with E-state index in [1.165, 1.54) is 30.9 Å². The molecular weight excluding hydrogens is 460 g/mol. The molecule has 0 radical (unpaired) electrons. The van der Waals surface area contributed by atoms with E-state index in [4.69, 9.17) is 9.47 Å². The van der Waals surface area contributed by atoms with Gasteiger partial charge >= 0.3 is 5.97 Å². The van der Waals surface area contributed by atoms with Gasteiger partial charge in [0.05, 0.1) is 31.2 Å². The molecule has 1 aromatic carbocycles. The number of benzene rings is 1. The summed E-state index contributed by atoms with van der Waals surface area (Å²) in [5.41, 5.74) is 5.93. The average Bonchev–Trinajstić information content (AvgIpc) is 2.87. The molecule has 178 valence electrons. The number of para-hydroxylation sites is 1. The van der Waals surface area contributed by atoms with Gasteiger partial charge in [-0.3, -0.25) is 4.79 Å². The van der Waals surface area contributed by atoms with Gasteiger partial charge in [-0.25, -0.2) is 14.8 Å². The number of esters is 1. The molecule has 1 saturated heterocycles. The number of hydrazine groups is 1. The number of rotatable bonds is 8. The summed E-state index contributed by atoms with van der Waals surface area (Å²) in [5.74, 6) is -0.0923. The normalized spacial score (nSPS) is 16.4. The van der Waals surface area contributed by atoms with Gasteiger partial charge in [-0.2, -0.15) is 0 Å². The van der Waals surface area contributed by atoms with E-state index >= 15 is 0 Å². The van der Waals surface area contributed by atoms with Crippen molar-refractivity contribution in [2.45, 2.75) is 24.3 Å². The number of hydrogen-bond acceptors (Lipinski definition) is 10. The summed E-state index contributed by atoms with van der Waals surface area (Å²) < 4.78 is 10.4. The number of nitrogens with zero attached hydrogens (tertiary/aromatic N) is 3. The maximum atomic E-state index is 12.9. The molecule has 1 N–H and O–H groups in total. The second-order valence-electron chi connectivity index (χ2n) is 7.35. The van der Waals surface area contributed by atoms with E-state index in [2.05, 4.69) is 33.7 Å². The van der Waals surface area contributed by atoms with Crippen molar-refractivity contribution in [3.8, 4) is 5.88 Å². The van der Waals surface area contributed by atoms with Crippen LogP contribution in [0.3, 0.4) is 0 Å². The number of aryl methyl sites for hydroxylation is 1. The third-order valence-corrected chi connectivity index (χ3v) is 7.00. The van der Waals surface area contributed by atoms with Crippen LogP contribution in [-0.2, 0) is 16.0 Å². The molecule has 1 aliphatic rings. The number of carbonyl (C=O) groups is 2. The first-order chi connectivity index (χ1) is 16.0. The van der Waals surface area contributed by atoms with Crippen molar-refractivity contribution in [2.24, 2.45) is 0 Å². The van der Waals surface area contributed by atoms with Crippen LogP contribution in [0.25, 0.3) is 0 Å². The summed E-state index contributed by atoms with van der Waals surface area (Å²) >= 11 is 2.90. The van der Waals surface area contributed by atoms with Gasteiger partial charge in [0.25, 0.3) is 0 Å². The molecule has 0 bridgehead atoms. The minimum Gasteiger partial charge on any atom is -0.479 e. The summed E-state index contributed by atoms with van der Waals surface area (Å²) in [5, 5.41) is 1.96. The molecule has 2 heterocycles. The highest BCUT2D eigenvalue weighted by Crippen LogP contribution is 2.32. The second-order valence-corrected chi connectivity index (χ2v) is 9.01. The van der Waals surface area contributed by atoms with Crippen LogP contribution < -0.4 is 15.1 Å². The van der Waals surface area contributed by atoms with Gasteiger partial charge in [-0.1, -0.05) is 30.8 Å². The lowest BCUT2D eigenvalue weighted by Gasteiger charge is -2.42. The van der Waals surface area contributed by atoms with E-state index < -0.39 is 12.0 Å². The molecule has 0 aliphatic carbocycles. The highest BCUT2D eigenvalue weighted by atomic mass is 32.2. The van der Waals surface area contributed by atoms with Crippen molar-refractivity contribution in [3.63, 3.8) is 0 Å². The monoisotopic (exact) mass is 490 g/mol. The molecule has 1 aliphatic heterocycles. The molecule has 0 amide bonds. The fourth-order valence-corrected chi connectivity index (χ4v) is 4.94. The van der Waals surface area contributed by atoms with Gasteiger partial charge in [0.15, 0.2) is 0 Å². The van der Waals surface area contributed by atoms with Crippen molar-refractivity contribution >= 4 is 46.0 Å². The summed E-state index contributed by atoms with van der Waals surface area (Å²) in [6, 6.07) is 9.51. The molecule has 1 aromatic heterocycles. The number of nitrogens with one attached hydrogen (secondary N) is 1. The molecule has 8 nitrogen and oxygen atoms in total. The summed E-state index contributed by atoms with van der Waals surface area (Å²) in [6.07, 6.45) is 4.41. The van der Waals surface area contributed by atoms with E-state index in [0.717, 1.165) is 12.2 Å². The highest BCUT2D eigenvalue weighted by molar-refractivity contribution is 8.13. The Kier molecular flexibility index (Phi) is 8.87. The Morgan fingerprint density at radius 3 is 2.61 bits per heavy atom. The number of aromatic nitrogens is 1. The zero-order valence-electron chi connectivity index (χ0n) is 19.6. The molecule has 1 unspecified atom stereocenters. The van der Waals surface area contributed by atoms with E-state index in [9.17, 15) is 9.59 Å². The van der Waals surface area contributed by atoms with E-state index in [-0.39, 0.29) is 5.12 Å². The van der Waals surface area contributed by atoms with Crippen LogP contribution in [0.15, 0.2) is 35.2 Å². The molecule has 3 rings (SSSR count). The lowest BCUT2D eigenvalue weighted by atomic mass is 10.1. The summed E-state index contributed by atoms with van der Waals surface area (Å²) in [6.45, 7) is 3.78. The van der Waals surface area contributed by atoms with Crippen LogP contribution >= 0.6 is 23.5 Å². The number of carbonyl (C=O) groups excluding carboxylic acids is 2. The van der Waals surface area contributed by atoms with Crippen LogP contribution in [-0.4, -0.2) is 73.5 Å². The third-order valence-electron chi connectivity index (χ3n) is 5.54. The fraction of sp³-hybridized carbons (Fsp3) is 0.435. The predicted octanol–water partition coefficient (Wildman–Crippen LogP) is 3.57. The van der Waals surface area contributed by atoms with Gasteiger partial charge in [0, 0.05) is 24.5 Å². The zero-order valence-corrected chi connectivity index (χ0v) is 21.2. The topological polar surface area (TPSA) is 84.0 Å². The van der Waals surface area contributed by atoms with Gasteiger partial charge in [-0.15, -0.1) is 11.8 Å². The molecular formula is C23H30N4O4S2. The van der Waals surface area contributed by atoms with Crippen LogP contribution in [0.1, 0.15) is 23.0 Å². The number of piperazine rings is 1. The lowest BCUT2D eigenvalue weighted by Crippen LogP contribution is -2.58. The smallest absolute Gasteiger partial charge is 0.339 e. The zero-order chi connectivity index (χ0) is 24.0. The van der Waals surface area contributed by atoms with Crippen molar-refractivity contribution in [1.82, 2.24) is 9.99 Å². The summed E-state index contributed by atoms with van der Waals surface area (Å²) in [7, 11) is 2.88. The Morgan fingerprint density at radius 2 is 1.97 bits per heavy atom. The van der Waals surface area contributed by atoms with Gasteiger partial charge in [0.1, 0.15) is 11.7 Å². The predicted molar refractivity (Wildman–Crippen MR) is 135 cm³/mol. The van der Waals surface area contributed by atoms with E-state index in [0.29, 0.717) is 42.3 Å². The Labute approximate surface area is 203 Å². The first-order valence-electron chi connectivity index (χ1n) is 10.6. The van der Waals surface area contributed by atoms with Crippen LogP contribution in [0.2, 0.25) is 0 Å². The Bertz CT molecular complexity index is 1000. The SMILES string of the molecule is CCc1nc(OC)c(NN2CCN(c3ccccc3SC)CC2C(=O)SC)cc1C(=O)OC. The molecule has 2 aromatic rings.